The van der Waals surface area contributed by atoms with Crippen molar-refractivity contribution >= 4 is 0 Å². The summed E-state index contributed by atoms with van der Waals surface area (Å²) in [5, 5.41) is 7.92. The number of hydrogen-bond donors (Lipinski definition) is 1. The van der Waals surface area contributed by atoms with Crippen molar-refractivity contribution in [3.63, 3.8) is 0 Å². The van der Waals surface area contributed by atoms with Crippen molar-refractivity contribution in [1.82, 2.24) is 20.0 Å². The van der Waals surface area contributed by atoms with Gasteiger partial charge in [-0.15, -0.1) is 0 Å². The number of hydrogen-bond acceptors (Lipinski definition) is 3. The van der Waals surface area contributed by atoms with Gasteiger partial charge >= 0.3 is 0 Å². The molecule has 0 aliphatic carbocycles. The maximum Gasteiger partial charge on any atom is 0.0597 e. The molecule has 0 fully saturated rings. The molecule has 16 heavy (non-hydrogen) atoms. The molecule has 0 bridgehead atoms. The number of aryl methyl sites for hydroxylation is 2. The Morgan fingerprint density at radius 2 is 2.19 bits per heavy atom. The summed E-state index contributed by atoms with van der Waals surface area (Å²) in [5.41, 5.74) is 2.40. The zero-order valence-electron chi connectivity index (χ0n) is 11.0. The molecular formula is C12H24N4. The average Bonchev–Trinajstić information content (AvgIpc) is 2.54. The molecule has 1 heterocycles. The highest BCUT2D eigenvalue weighted by Crippen LogP contribution is 2.04. The summed E-state index contributed by atoms with van der Waals surface area (Å²) in [6.07, 6.45) is 1.13. The summed E-state index contributed by atoms with van der Waals surface area (Å²) in [6.45, 7) is 8.24. The van der Waals surface area contributed by atoms with Gasteiger partial charge in [-0.25, -0.2) is 0 Å². The zero-order valence-corrected chi connectivity index (χ0v) is 11.0. The van der Waals surface area contributed by atoms with Crippen LogP contribution in [0, 0.1) is 6.92 Å². The van der Waals surface area contributed by atoms with Crippen LogP contribution in [0.5, 0.6) is 0 Å². The lowest BCUT2D eigenvalue weighted by Gasteiger charge is -2.11. The summed E-state index contributed by atoms with van der Waals surface area (Å²) in [6, 6.07) is 2.16. The predicted molar refractivity (Wildman–Crippen MR) is 67.5 cm³/mol. The van der Waals surface area contributed by atoms with E-state index < -0.39 is 0 Å². The van der Waals surface area contributed by atoms with Crippen LogP contribution >= 0.6 is 0 Å². The highest BCUT2D eigenvalue weighted by Gasteiger charge is 2.03. The lowest BCUT2D eigenvalue weighted by Crippen LogP contribution is -2.27. The summed E-state index contributed by atoms with van der Waals surface area (Å²) in [4.78, 5) is 2.18. The highest BCUT2D eigenvalue weighted by molar-refractivity contribution is 5.08. The van der Waals surface area contributed by atoms with Crippen LogP contribution in [-0.4, -0.2) is 41.9 Å². The van der Waals surface area contributed by atoms with E-state index >= 15 is 0 Å². The van der Waals surface area contributed by atoms with Crippen LogP contribution < -0.4 is 5.32 Å². The molecule has 4 nitrogen and oxygen atoms in total. The standard InChI is InChI=1S/C12H24N4/c1-5-7-16-12(9-11(2)14-16)10-13-6-8-15(3)4/h9,13H,5-8,10H2,1-4H3. The van der Waals surface area contributed by atoms with E-state index in [1.807, 2.05) is 0 Å². The molecule has 1 rings (SSSR count). The van der Waals surface area contributed by atoms with Crippen molar-refractivity contribution in [3.05, 3.63) is 17.5 Å². The van der Waals surface area contributed by atoms with Crippen molar-refractivity contribution in [2.75, 3.05) is 27.2 Å². The first-order chi connectivity index (χ1) is 7.63. The Hall–Kier alpha value is -0.870. The van der Waals surface area contributed by atoms with Crippen LogP contribution in [-0.2, 0) is 13.1 Å². The van der Waals surface area contributed by atoms with Crippen molar-refractivity contribution in [1.29, 1.82) is 0 Å². The van der Waals surface area contributed by atoms with Crippen LogP contribution in [0.25, 0.3) is 0 Å². The Kier molecular flexibility index (Phi) is 5.49. The molecule has 0 aliphatic heterocycles. The van der Waals surface area contributed by atoms with Crippen molar-refractivity contribution < 1.29 is 0 Å². The van der Waals surface area contributed by atoms with Gasteiger partial charge in [-0.2, -0.15) is 5.10 Å². The number of nitrogens with one attached hydrogen (secondary N) is 1. The minimum Gasteiger partial charge on any atom is -0.310 e. The van der Waals surface area contributed by atoms with Gasteiger partial charge in [0.05, 0.1) is 11.4 Å². The second kappa shape index (κ2) is 6.66. The van der Waals surface area contributed by atoms with Crippen molar-refractivity contribution in [2.45, 2.75) is 33.4 Å². The second-order valence-electron chi connectivity index (χ2n) is 4.48. The maximum absolute atomic E-state index is 4.48. The van der Waals surface area contributed by atoms with Gasteiger partial charge in [0.1, 0.15) is 0 Å². The van der Waals surface area contributed by atoms with E-state index in [1.165, 1.54) is 5.69 Å². The summed E-state index contributed by atoms with van der Waals surface area (Å²) >= 11 is 0. The quantitative estimate of drug-likeness (QED) is 0.708. The van der Waals surface area contributed by atoms with Gasteiger partial charge < -0.3 is 10.2 Å². The molecule has 0 unspecified atom stereocenters. The lowest BCUT2D eigenvalue weighted by atomic mass is 10.3. The van der Waals surface area contributed by atoms with E-state index in [1.54, 1.807) is 0 Å². The van der Waals surface area contributed by atoms with Gasteiger partial charge in [-0.1, -0.05) is 6.92 Å². The number of rotatable bonds is 7. The molecule has 92 valence electrons. The lowest BCUT2D eigenvalue weighted by molar-refractivity contribution is 0.397. The number of nitrogens with zero attached hydrogens (tertiary/aromatic N) is 3. The van der Waals surface area contributed by atoms with E-state index in [-0.39, 0.29) is 0 Å². The third-order valence-corrected chi connectivity index (χ3v) is 2.46. The fourth-order valence-electron chi connectivity index (χ4n) is 1.67. The first-order valence-corrected chi connectivity index (χ1v) is 6.02. The SMILES string of the molecule is CCCn1nc(C)cc1CNCCN(C)C. The minimum atomic E-state index is 0.911. The third-order valence-electron chi connectivity index (χ3n) is 2.46. The van der Waals surface area contributed by atoms with Crippen LogP contribution in [0.4, 0.5) is 0 Å². The largest absolute Gasteiger partial charge is 0.310 e. The molecule has 0 spiro atoms. The Morgan fingerprint density at radius 1 is 1.44 bits per heavy atom. The Labute approximate surface area is 98.6 Å². The van der Waals surface area contributed by atoms with E-state index in [4.69, 9.17) is 0 Å². The Morgan fingerprint density at radius 3 is 2.81 bits per heavy atom. The van der Waals surface area contributed by atoms with Gasteiger partial charge in [-0.05, 0) is 33.5 Å². The Bertz CT molecular complexity index is 304. The molecule has 0 saturated heterocycles. The topological polar surface area (TPSA) is 33.1 Å². The van der Waals surface area contributed by atoms with Gasteiger partial charge in [0.2, 0.25) is 0 Å². The van der Waals surface area contributed by atoms with Crippen LogP contribution in [0.3, 0.4) is 0 Å². The zero-order chi connectivity index (χ0) is 12.0. The minimum absolute atomic E-state index is 0.911. The second-order valence-corrected chi connectivity index (χ2v) is 4.48. The van der Waals surface area contributed by atoms with Crippen LogP contribution in [0.1, 0.15) is 24.7 Å². The molecule has 0 radical (unpaired) electrons. The predicted octanol–water partition coefficient (Wildman–Crippen LogP) is 1.25. The van der Waals surface area contributed by atoms with Gasteiger partial charge in [0.25, 0.3) is 0 Å². The molecule has 1 N–H and O–H groups in total. The Balaban J connectivity index is 2.40. The normalized spacial score (nSPS) is 11.3. The fourth-order valence-corrected chi connectivity index (χ4v) is 1.67. The fraction of sp³-hybridized carbons (Fsp3) is 0.750. The summed E-state index contributed by atoms with van der Waals surface area (Å²) < 4.78 is 2.11. The summed E-state index contributed by atoms with van der Waals surface area (Å²) in [7, 11) is 4.18. The van der Waals surface area contributed by atoms with Crippen molar-refractivity contribution in [2.24, 2.45) is 0 Å². The molecule has 4 heteroatoms. The van der Waals surface area contributed by atoms with Crippen molar-refractivity contribution in [3.8, 4) is 0 Å². The van der Waals surface area contributed by atoms with E-state index in [2.05, 4.69) is 54.0 Å². The van der Waals surface area contributed by atoms with Crippen LogP contribution in [0.15, 0.2) is 6.07 Å². The smallest absolute Gasteiger partial charge is 0.0597 e. The van der Waals surface area contributed by atoms with Gasteiger partial charge in [0.15, 0.2) is 0 Å². The monoisotopic (exact) mass is 224 g/mol. The molecule has 1 aromatic rings. The van der Waals surface area contributed by atoms with E-state index in [0.29, 0.717) is 0 Å². The van der Waals surface area contributed by atoms with Crippen LogP contribution in [0.2, 0.25) is 0 Å². The van der Waals surface area contributed by atoms with E-state index in [0.717, 1.165) is 38.3 Å². The molecule has 0 amide bonds. The molecule has 0 aromatic carbocycles. The molecule has 1 aromatic heterocycles. The van der Waals surface area contributed by atoms with E-state index in [9.17, 15) is 0 Å². The highest BCUT2D eigenvalue weighted by atomic mass is 15.3. The number of aromatic nitrogens is 2. The van der Waals surface area contributed by atoms with Gasteiger partial charge in [-0.3, -0.25) is 4.68 Å². The maximum atomic E-state index is 4.48. The summed E-state index contributed by atoms with van der Waals surface area (Å²) in [5.74, 6) is 0. The number of likely N-dealkylation sites (N-methyl/N-ethyl adjacent to an activating group) is 1. The molecular weight excluding hydrogens is 200 g/mol. The molecule has 0 atom stereocenters. The third kappa shape index (κ3) is 4.33. The molecule has 0 aliphatic rings. The molecule has 0 saturated carbocycles. The average molecular weight is 224 g/mol. The van der Waals surface area contributed by atoms with Gasteiger partial charge in [0, 0.05) is 26.2 Å². The first-order valence-electron chi connectivity index (χ1n) is 6.02. The first kappa shape index (κ1) is 13.2.